The molecule has 0 saturated heterocycles. The molecule has 3 rings (SSSR count). The first-order valence-corrected chi connectivity index (χ1v) is 7.06. The van der Waals surface area contributed by atoms with Gasteiger partial charge in [-0.1, -0.05) is 23.7 Å². The minimum absolute atomic E-state index is 0.101. The van der Waals surface area contributed by atoms with Gasteiger partial charge in [0.05, 0.1) is 11.5 Å². The summed E-state index contributed by atoms with van der Waals surface area (Å²) < 4.78 is 10.9. The van der Waals surface area contributed by atoms with Crippen LogP contribution >= 0.6 is 11.6 Å². The van der Waals surface area contributed by atoms with E-state index in [4.69, 9.17) is 20.8 Å². The molecule has 2 aromatic carbocycles. The number of halogens is 1. The Labute approximate surface area is 131 Å². The molecule has 3 aromatic rings. The first-order valence-electron chi connectivity index (χ1n) is 6.68. The summed E-state index contributed by atoms with van der Waals surface area (Å²) in [5.74, 6) is 0.483. The Kier molecular flexibility index (Phi) is 3.77. The number of ether oxygens (including phenoxy) is 1. The third kappa shape index (κ3) is 2.78. The lowest BCUT2D eigenvalue weighted by Gasteiger charge is -2.11. The van der Waals surface area contributed by atoms with Crippen molar-refractivity contribution in [3.05, 3.63) is 69.0 Å². The number of aryl methyl sites for hydroxylation is 1. The van der Waals surface area contributed by atoms with Crippen LogP contribution in [0.4, 0.5) is 0 Å². The zero-order valence-electron chi connectivity index (χ0n) is 11.8. The summed E-state index contributed by atoms with van der Waals surface area (Å²) >= 11 is 5.94. The van der Waals surface area contributed by atoms with Crippen molar-refractivity contribution in [3.63, 3.8) is 0 Å². The number of hydrogen-bond acceptors (Lipinski definition) is 4. The Bertz CT molecular complexity index is 899. The van der Waals surface area contributed by atoms with E-state index >= 15 is 0 Å². The van der Waals surface area contributed by atoms with Gasteiger partial charge < -0.3 is 14.3 Å². The summed E-state index contributed by atoms with van der Waals surface area (Å²) in [5.41, 5.74) is 1.32. The van der Waals surface area contributed by atoms with Crippen molar-refractivity contribution < 1.29 is 14.3 Å². The van der Waals surface area contributed by atoms with Crippen LogP contribution in [0.3, 0.4) is 0 Å². The molecular formula is C17H13ClO4. The largest absolute Gasteiger partial charge is 0.507 e. The van der Waals surface area contributed by atoms with Gasteiger partial charge in [-0.3, -0.25) is 0 Å². The fourth-order valence-electron chi connectivity index (χ4n) is 2.27. The molecule has 0 bridgehead atoms. The van der Waals surface area contributed by atoms with Crippen LogP contribution in [-0.4, -0.2) is 5.11 Å². The molecule has 1 aromatic heterocycles. The molecule has 0 atom stereocenters. The third-order valence-electron chi connectivity index (χ3n) is 3.37. The average Bonchev–Trinajstić information content (AvgIpc) is 2.47. The SMILES string of the molecule is Cc1c(OCc2cccc(Cl)c2)ccc2c(O)cc(=O)oc12. The molecule has 0 radical (unpaired) electrons. The molecule has 0 spiro atoms. The van der Waals surface area contributed by atoms with E-state index in [9.17, 15) is 9.90 Å². The molecule has 0 saturated carbocycles. The number of aromatic hydroxyl groups is 1. The van der Waals surface area contributed by atoms with E-state index in [0.29, 0.717) is 33.9 Å². The highest BCUT2D eigenvalue weighted by atomic mass is 35.5. The standard InChI is InChI=1S/C17H13ClO4/c1-10-15(21-9-11-3-2-4-12(18)7-11)6-5-13-14(19)8-16(20)22-17(10)13/h2-8,19H,9H2,1H3. The average molecular weight is 317 g/mol. The summed E-state index contributed by atoms with van der Waals surface area (Å²) in [6.07, 6.45) is 0. The van der Waals surface area contributed by atoms with Crippen LogP contribution in [0.15, 0.2) is 51.7 Å². The van der Waals surface area contributed by atoms with Gasteiger partial charge in [-0.15, -0.1) is 0 Å². The van der Waals surface area contributed by atoms with Crippen LogP contribution in [0.25, 0.3) is 11.0 Å². The van der Waals surface area contributed by atoms with Gasteiger partial charge in [0, 0.05) is 10.6 Å². The molecule has 0 fully saturated rings. The molecule has 0 amide bonds. The second kappa shape index (κ2) is 5.73. The van der Waals surface area contributed by atoms with Crippen LogP contribution in [0.1, 0.15) is 11.1 Å². The van der Waals surface area contributed by atoms with Gasteiger partial charge in [0.1, 0.15) is 23.7 Å². The molecule has 0 aliphatic rings. The molecule has 0 unspecified atom stereocenters. The molecule has 4 nitrogen and oxygen atoms in total. The van der Waals surface area contributed by atoms with Gasteiger partial charge in [-0.2, -0.15) is 0 Å². The highest BCUT2D eigenvalue weighted by Gasteiger charge is 2.11. The summed E-state index contributed by atoms with van der Waals surface area (Å²) in [5, 5.41) is 10.9. The van der Waals surface area contributed by atoms with E-state index in [-0.39, 0.29) is 5.75 Å². The number of rotatable bonds is 3. The minimum atomic E-state index is -0.597. The van der Waals surface area contributed by atoms with E-state index in [1.54, 1.807) is 25.1 Å². The van der Waals surface area contributed by atoms with E-state index in [1.807, 2.05) is 18.2 Å². The quantitative estimate of drug-likeness (QED) is 0.741. The van der Waals surface area contributed by atoms with Crippen LogP contribution in [0, 0.1) is 6.92 Å². The highest BCUT2D eigenvalue weighted by Crippen LogP contribution is 2.31. The topological polar surface area (TPSA) is 59.7 Å². The molecule has 1 heterocycles. The van der Waals surface area contributed by atoms with Crippen molar-refractivity contribution in [2.24, 2.45) is 0 Å². The lowest BCUT2D eigenvalue weighted by atomic mass is 10.1. The van der Waals surface area contributed by atoms with Gasteiger partial charge in [0.25, 0.3) is 0 Å². The first kappa shape index (κ1) is 14.5. The summed E-state index contributed by atoms with van der Waals surface area (Å²) in [4.78, 5) is 11.4. The zero-order valence-corrected chi connectivity index (χ0v) is 12.6. The zero-order chi connectivity index (χ0) is 15.7. The number of benzene rings is 2. The molecule has 1 N–H and O–H groups in total. The van der Waals surface area contributed by atoms with Crippen molar-refractivity contribution in [1.29, 1.82) is 0 Å². The van der Waals surface area contributed by atoms with Crippen LogP contribution < -0.4 is 10.4 Å². The Balaban J connectivity index is 1.95. The van der Waals surface area contributed by atoms with Crippen molar-refractivity contribution in [3.8, 4) is 11.5 Å². The number of hydrogen-bond donors (Lipinski definition) is 1. The predicted octanol–water partition coefficient (Wildman–Crippen LogP) is 4.04. The number of fused-ring (bicyclic) bond motifs is 1. The molecule has 0 aliphatic heterocycles. The third-order valence-corrected chi connectivity index (χ3v) is 3.61. The van der Waals surface area contributed by atoms with Crippen LogP contribution in [0.2, 0.25) is 5.02 Å². The van der Waals surface area contributed by atoms with Gasteiger partial charge in [-0.05, 0) is 36.8 Å². The lowest BCUT2D eigenvalue weighted by molar-refractivity contribution is 0.304. The normalized spacial score (nSPS) is 10.8. The molecular weight excluding hydrogens is 304 g/mol. The Morgan fingerprint density at radius 1 is 1.23 bits per heavy atom. The van der Waals surface area contributed by atoms with E-state index < -0.39 is 5.63 Å². The second-order valence-electron chi connectivity index (χ2n) is 4.93. The van der Waals surface area contributed by atoms with Gasteiger partial charge in [0.15, 0.2) is 0 Å². The van der Waals surface area contributed by atoms with Crippen molar-refractivity contribution in [2.45, 2.75) is 13.5 Å². The Morgan fingerprint density at radius 2 is 2.05 bits per heavy atom. The van der Waals surface area contributed by atoms with E-state index in [0.717, 1.165) is 11.6 Å². The predicted molar refractivity (Wildman–Crippen MR) is 84.7 cm³/mol. The van der Waals surface area contributed by atoms with Crippen molar-refractivity contribution in [2.75, 3.05) is 0 Å². The summed E-state index contributed by atoms with van der Waals surface area (Å²) in [6, 6.07) is 11.8. The molecule has 112 valence electrons. The molecule has 22 heavy (non-hydrogen) atoms. The van der Waals surface area contributed by atoms with Gasteiger partial charge in [0.2, 0.25) is 0 Å². The van der Waals surface area contributed by atoms with E-state index in [1.165, 1.54) is 0 Å². The Hall–Kier alpha value is -2.46. The summed E-state index contributed by atoms with van der Waals surface area (Å²) in [7, 11) is 0. The van der Waals surface area contributed by atoms with Crippen molar-refractivity contribution >= 4 is 22.6 Å². The fourth-order valence-corrected chi connectivity index (χ4v) is 2.48. The van der Waals surface area contributed by atoms with Gasteiger partial charge >= 0.3 is 5.63 Å². The molecule has 0 aliphatic carbocycles. The molecule has 5 heteroatoms. The van der Waals surface area contributed by atoms with Crippen molar-refractivity contribution in [1.82, 2.24) is 0 Å². The Morgan fingerprint density at radius 3 is 2.82 bits per heavy atom. The highest BCUT2D eigenvalue weighted by molar-refractivity contribution is 6.30. The van der Waals surface area contributed by atoms with Gasteiger partial charge in [-0.25, -0.2) is 4.79 Å². The lowest BCUT2D eigenvalue weighted by Crippen LogP contribution is -2.00. The van der Waals surface area contributed by atoms with E-state index in [2.05, 4.69) is 0 Å². The van der Waals surface area contributed by atoms with Crippen LogP contribution in [-0.2, 0) is 6.61 Å². The minimum Gasteiger partial charge on any atom is -0.507 e. The van der Waals surface area contributed by atoms with Crippen LogP contribution in [0.5, 0.6) is 11.5 Å². The second-order valence-corrected chi connectivity index (χ2v) is 5.37. The fraction of sp³-hybridized carbons (Fsp3) is 0.118. The smallest absolute Gasteiger partial charge is 0.339 e. The maximum atomic E-state index is 11.4. The monoisotopic (exact) mass is 316 g/mol. The maximum Gasteiger partial charge on any atom is 0.339 e. The first-order chi connectivity index (χ1) is 10.5. The summed E-state index contributed by atoms with van der Waals surface area (Å²) in [6.45, 7) is 2.12. The maximum absolute atomic E-state index is 11.4.